The maximum Gasteiger partial charge on any atom is 0.250 e. The van der Waals surface area contributed by atoms with Crippen LogP contribution in [0.25, 0.3) is 0 Å². The Morgan fingerprint density at radius 2 is 2.05 bits per heavy atom. The maximum atomic E-state index is 12.4. The van der Waals surface area contributed by atoms with Crippen LogP contribution in [0.1, 0.15) is 25.7 Å². The lowest BCUT2D eigenvalue weighted by Gasteiger charge is -2.38. The topological polar surface area (TPSA) is 86.7 Å². The number of nitrogens with one attached hydrogen (secondary N) is 1. The minimum Gasteiger partial charge on any atom is -0.396 e. The molecule has 3 rings (SSSR count). The van der Waals surface area contributed by atoms with Gasteiger partial charge in [-0.15, -0.1) is 11.3 Å². The molecule has 1 amide bonds. The van der Waals surface area contributed by atoms with Crippen LogP contribution < -0.4 is 4.72 Å². The van der Waals surface area contributed by atoms with E-state index in [0.29, 0.717) is 0 Å². The van der Waals surface area contributed by atoms with Gasteiger partial charge in [0.1, 0.15) is 4.21 Å². The number of hydrogen-bond acceptors (Lipinski definition) is 5. The van der Waals surface area contributed by atoms with Gasteiger partial charge in [0, 0.05) is 18.7 Å². The van der Waals surface area contributed by atoms with E-state index < -0.39 is 10.0 Å². The smallest absolute Gasteiger partial charge is 0.250 e. The second kappa shape index (κ2) is 6.27. The number of piperidine rings is 1. The highest BCUT2D eigenvalue weighted by atomic mass is 32.2. The van der Waals surface area contributed by atoms with Crippen molar-refractivity contribution in [1.82, 2.24) is 9.62 Å². The largest absolute Gasteiger partial charge is 0.396 e. The molecule has 3 atom stereocenters. The molecule has 2 saturated heterocycles. The highest BCUT2D eigenvalue weighted by molar-refractivity contribution is 7.91. The van der Waals surface area contributed by atoms with Crippen molar-refractivity contribution in [3.63, 3.8) is 0 Å². The predicted octanol–water partition coefficient (Wildman–Crippen LogP) is 0.788. The number of rotatable bonds is 5. The summed E-state index contributed by atoms with van der Waals surface area (Å²) < 4.78 is 26.7. The first kappa shape index (κ1) is 15.9. The number of aliphatic hydroxyl groups excluding tert-OH is 1. The van der Waals surface area contributed by atoms with E-state index in [1.54, 1.807) is 11.4 Å². The molecule has 0 aliphatic carbocycles. The molecule has 2 aliphatic rings. The summed E-state index contributed by atoms with van der Waals surface area (Å²) in [6, 6.07) is 3.48. The van der Waals surface area contributed by atoms with Gasteiger partial charge in [-0.25, -0.2) is 13.1 Å². The monoisotopic (exact) mass is 344 g/mol. The maximum absolute atomic E-state index is 12.4. The molecule has 0 saturated carbocycles. The second-order valence-corrected chi connectivity index (χ2v) is 8.90. The third kappa shape index (κ3) is 3.05. The van der Waals surface area contributed by atoms with Crippen LogP contribution in [-0.2, 0) is 14.8 Å². The summed E-state index contributed by atoms with van der Waals surface area (Å²) in [5.74, 6) is 0.105. The fourth-order valence-corrected chi connectivity index (χ4v) is 5.59. The average molecular weight is 344 g/mol. The lowest BCUT2D eigenvalue weighted by molar-refractivity contribution is -0.135. The SMILES string of the molecule is O=C(CNS(=O)(=O)c1cccs1)N1[C@@H]2CC[C@H]1CC(CO)C2. The summed E-state index contributed by atoms with van der Waals surface area (Å²) in [6.45, 7) is -0.0307. The normalized spacial score (nSPS) is 28.0. The van der Waals surface area contributed by atoms with Gasteiger partial charge in [-0.3, -0.25) is 4.79 Å². The van der Waals surface area contributed by atoms with Crippen LogP contribution in [0.15, 0.2) is 21.7 Å². The number of amides is 1. The van der Waals surface area contributed by atoms with Gasteiger partial charge in [0.05, 0.1) is 6.54 Å². The Labute approximate surface area is 134 Å². The van der Waals surface area contributed by atoms with Gasteiger partial charge in [0.2, 0.25) is 5.91 Å². The van der Waals surface area contributed by atoms with Crippen molar-refractivity contribution in [1.29, 1.82) is 0 Å². The molecule has 1 aromatic heterocycles. The van der Waals surface area contributed by atoms with Crippen molar-refractivity contribution < 1.29 is 18.3 Å². The minimum absolute atomic E-state index is 0.148. The number of aliphatic hydroxyl groups is 1. The Morgan fingerprint density at radius 1 is 1.36 bits per heavy atom. The van der Waals surface area contributed by atoms with Crippen LogP contribution in [0.5, 0.6) is 0 Å². The summed E-state index contributed by atoms with van der Waals surface area (Å²) in [4.78, 5) is 14.2. The van der Waals surface area contributed by atoms with Crippen molar-refractivity contribution in [2.45, 2.75) is 42.0 Å². The van der Waals surface area contributed by atoms with Gasteiger partial charge in [-0.1, -0.05) is 6.07 Å². The van der Waals surface area contributed by atoms with Crippen molar-refractivity contribution in [3.8, 4) is 0 Å². The zero-order chi connectivity index (χ0) is 15.7. The van der Waals surface area contributed by atoms with E-state index in [1.165, 1.54) is 6.07 Å². The number of nitrogens with zero attached hydrogens (tertiary/aromatic N) is 1. The van der Waals surface area contributed by atoms with Crippen LogP contribution in [0.4, 0.5) is 0 Å². The predicted molar refractivity (Wildman–Crippen MR) is 83.0 cm³/mol. The molecule has 3 heterocycles. The van der Waals surface area contributed by atoms with E-state index in [-0.39, 0.29) is 41.3 Å². The molecule has 122 valence electrons. The summed E-state index contributed by atoms with van der Waals surface area (Å²) in [7, 11) is -3.60. The zero-order valence-electron chi connectivity index (χ0n) is 12.1. The van der Waals surface area contributed by atoms with Gasteiger partial charge < -0.3 is 10.0 Å². The minimum atomic E-state index is -3.60. The first-order chi connectivity index (χ1) is 10.5. The van der Waals surface area contributed by atoms with Crippen molar-refractivity contribution in [3.05, 3.63) is 17.5 Å². The first-order valence-corrected chi connectivity index (χ1v) is 9.82. The van der Waals surface area contributed by atoms with E-state index in [9.17, 15) is 18.3 Å². The average Bonchev–Trinajstić information content (AvgIpc) is 3.12. The Hall–Kier alpha value is -0.960. The molecule has 0 radical (unpaired) electrons. The molecule has 0 spiro atoms. The Balaban J connectivity index is 1.62. The van der Waals surface area contributed by atoms with Crippen LogP contribution in [0.2, 0.25) is 0 Å². The molecule has 2 fully saturated rings. The summed E-state index contributed by atoms with van der Waals surface area (Å²) >= 11 is 1.13. The lowest BCUT2D eigenvalue weighted by atomic mass is 9.91. The molecule has 2 aliphatic heterocycles. The fourth-order valence-electron chi connectivity index (χ4n) is 3.58. The summed E-state index contributed by atoms with van der Waals surface area (Å²) in [5, 5.41) is 11.0. The van der Waals surface area contributed by atoms with Crippen LogP contribution >= 0.6 is 11.3 Å². The molecule has 22 heavy (non-hydrogen) atoms. The fraction of sp³-hybridized carbons (Fsp3) is 0.643. The van der Waals surface area contributed by atoms with E-state index in [4.69, 9.17) is 0 Å². The van der Waals surface area contributed by atoms with E-state index >= 15 is 0 Å². The third-order valence-corrected chi connectivity index (χ3v) is 7.35. The van der Waals surface area contributed by atoms with Crippen LogP contribution in [0.3, 0.4) is 0 Å². The number of hydrogen-bond donors (Lipinski definition) is 2. The molecule has 6 nitrogen and oxygen atoms in total. The van der Waals surface area contributed by atoms with Crippen molar-refractivity contribution in [2.24, 2.45) is 5.92 Å². The number of fused-ring (bicyclic) bond motifs is 2. The van der Waals surface area contributed by atoms with Gasteiger partial charge >= 0.3 is 0 Å². The number of carbonyl (C=O) groups excluding carboxylic acids is 1. The van der Waals surface area contributed by atoms with Gasteiger partial charge in [0.25, 0.3) is 10.0 Å². The summed E-state index contributed by atoms with van der Waals surface area (Å²) in [6.07, 6.45) is 3.53. The quantitative estimate of drug-likeness (QED) is 0.827. The molecular weight excluding hydrogens is 324 g/mol. The Kier molecular flexibility index (Phi) is 4.54. The van der Waals surface area contributed by atoms with Gasteiger partial charge in [-0.2, -0.15) is 0 Å². The molecular formula is C14H20N2O4S2. The molecule has 1 aromatic rings. The van der Waals surface area contributed by atoms with Crippen LogP contribution in [-0.4, -0.2) is 49.6 Å². The van der Waals surface area contributed by atoms with Crippen LogP contribution in [0, 0.1) is 5.92 Å². The molecule has 0 aromatic carbocycles. The third-order valence-electron chi connectivity index (χ3n) is 4.55. The second-order valence-electron chi connectivity index (χ2n) is 5.96. The van der Waals surface area contributed by atoms with E-state index in [2.05, 4.69) is 4.72 Å². The first-order valence-electron chi connectivity index (χ1n) is 7.46. The number of carbonyl (C=O) groups is 1. The standard InChI is InChI=1S/C14H20N2O4S2/c17-9-10-6-11-3-4-12(7-10)16(11)13(18)8-15-22(19,20)14-2-1-5-21-14/h1-2,5,10-12,15,17H,3-4,6-9H2/t10?,11-,12+. The molecule has 2 N–H and O–H groups in total. The number of thiophene rings is 1. The summed E-state index contributed by atoms with van der Waals surface area (Å²) in [5.41, 5.74) is 0. The highest BCUT2D eigenvalue weighted by Gasteiger charge is 2.42. The van der Waals surface area contributed by atoms with E-state index in [1.807, 2.05) is 4.90 Å². The van der Waals surface area contributed by atoms with Gasteiger partial charge in [-0.05, 0) is 43.0 Å². The van der Waals surface area contributed by atoms with E-state index in [0.717, 1.165) is 37.0 Å². The highest BCUT2D eigenvalue weighted by Crippen LogP contribution is 2.38. The van der Waals surface area contributed by atoms with Gasteiger partial charge in [0.15, 0.2) is 0 Å². The van der Waals surface area contributed by atoms with Crippen molar-refractivity contribution in [2.75, 3.05) is 13.2 Å². The zero-order valence-corrected chi connectivity index (χ0v) is 13.8. The molecule has 8 heteroatoms. The Bertz CT molecular complexity index is 615. The molecule has 2 bridgehead atoms. The number of sulfonamides is 1. The molecule has 1 unspecified atom stereocenters. The van der Waals surface area contributed by atoms with Crippen molar-refractivity contribution >= 4 is 27.3 Å². The lowest BCUT2D eigenvalue weighted by Crippen LogP contribution is -2.50. The Morgan fingerprint density at radius 3 is 2.59 bits per heavy atom.